The van der Waals surface area contributed by atoms with Crippen LogP contribution in [0, 0.1) is 0 Å². The van der Waals surface area contributed by atoms with E-state index in [1.165, 1.54) is 11.3 Å². The first-order chi connectivity index (χ1) is 8.83. The van der Waals surface area contributed by atoms with Gasteiger partial charge in [0.15, 0.2) is 0 Å². The highest BCUT2D eigenvalue weighted by atomic mass is 16.5. The molecule has 1 aliphatic rings. The van der Waals surface area contributed by atoms with Crippen molar-refractivity contribution in [1.29, 1.82) is 0 Å². The SMILES string of the molecule is CCOC1CC(Nc2ccccc2CCOC)C1. The van der Waals surface area contributed by atoms with Gasteiger partial charge < -0.3 is 14.8 Å². The van der Waals surface area contributed by atoms with Crippen molar-refractivity contribution >= 4 is 5.69 Å². The van der Waals surface area contributed by atoms with Gasteiger partial charge in [-0.15, -0.1) is 0 Å². The molecule has 0 atom stereocenters. The van der Waals surface area contributed by atoms with Crippen LogP contribution in [0.4, 0.5) is 5.69 Å². The fourth-order valence-electron chi connectivity index (χ4n) is 2.37. The highest BCUT2D eigenvalue weighted by Crippen LogP contribution is 2.28. The van der Waals surface area contributed by atoms with Gasteiger partial charge in [-0.2, -0.15) is 0 Å². The minimum atomic E-state index is 0.457. The topological polar surface area (TPSA) is 30.5 Å². The molecule has 1 saturated carbocycles. The van der Waals surface area contributed by atoms with Crippen molar-refractivity contribution in [3.63, 3.8) is 0 Å². The van der Waals surface area contributed by atoms with Gasteiger partial charge in [-0.1, -0.05) is 18.2 Å². The molecular weight excluding hydrogens is 226 g/mol. The van der Waals surface area contributed by atoms with E-state index in [9.17, 15) is 0 Å². The second kappa shape index (κ2) is 6.76. The maximum Gasteiger partial charge on any atom is 0.0614 e. The Labute approximate surface area is 109 Å². The van der Waals surface area contributed by atoms with Crippen LogP contribution in [-0.4, -0.2) is 32.5 Å². The predicted octanol–water partition coefficient (Wildman–Crippen LogP) is 2.85. The molecule has 2 rings (SSSR count). The van der Waals surface area contributed by atoms with Gasteiger partial charge in [0.2, 0.25) is 0 Å². The summed E-state index contributed by atoms with van der Waals surface area (Å²) in [6, 6.07) is 9.04. The van der Waals surface area contributed by atoms with Crippen LogP contribution < -0.4 is 5.32 Å². The number of hydrogen-bond donors (Lipinski definition) is 1. The molecule has 1 aliphatic carbocycles. The van der Waals surface area contributed by atoms with Gasteiger partial charge in [-0.05, 0) is 37.8 Å². The first kappa shape index (κ1) is 13.4. The van der Waals surface area contributed by atoms with E-state index in [0.717, 1.165) is 32.5 Å². The third-order valence-corrected chi connectivity index (χ3v) is 3.45. The summed E-state index contributed by atoms with van der Waals surface area (Å²) in [5.41, 5.74) is 2.58. The molecule has 0 bridgehead atoms. The highest BCUT2D eigenvalue weighted by Gasteiger charge is 2.29. The predicted molar refractivity (Wildman–Crippen MR) is 74.1 cm³/mol. The molecule has 0 aromatic heterocycles. The molecule has 0 aliphatic heterocycles. The fraction of sp³-hybridized carbons (Fsp3) is 0.600. The van der Waals surface area contributed by atoms with Gasteiger partial charge >= 0.3 is 0 Å². The van der Waals surface area contributed by atoms with Crippen molar-refractivity contribution in [2.75, 3.05) is 25.6 Å². The maximum absolute atomic E-state index is 5.58. The highest BCUT2D eigenvalue weighted by molar-refractivity contribution is 5.52. The van der Waals surface area contributed by atoms with Crippen molar-refractivity contribution < 1.29 is 9.47 Å². The van der Waals surface area contributed by atoms with Crippen LogP contribution in [0.3, 0.4) is 0 Å². The molecule has 0 spiro atoms. The van der Waals surface area contributed by atoms with Gasteiger partial charge in [-0.25, -0.2) is 0 Å². The molecule has 0 unspecified atom stereocenters. The standard InChI is InChI=1S/C15H23NO2/c1-3-18-14-10-13(11-14)16-15-7-5-4-6-12(15)8-9-17-2/h4-7,13-14,16H,3,8-11H2,1-2H3. The molecule has 3 heteroatoms. The lowest BCUT2D eigenvalue weighted by atomic mass is 9.88. The zero-order valence-corrected chi connectivity index (χ0v) is 11.3. The molecule has 0 saturated heterocycles. The average molecular weight is 249 g/mol. The average Bonchev–Trinajstić information content (AvgIpc) is 2.35. The number of anilines is 1. The van der Waals surface area contributed by atoms with Crippen LogP contribution in [0.2, 0.25) is 0 Å². The fourth-order valence-corrected chi connectivity index (χ4v) is 2.37. The minimum Gasteiger partial charge on any atom is -0.384 e. The zero-order chi connectivity index (χ0) is 12.8. The number of benzene rings is 1. The van der Waals surface area contributed by atoms with Crippen LogP contribution in [0.15, 0.2) is 24.3 Å². The Bertz CT molecular complexity index is 361. The Morgan fingerprint density at radius 3 is 2.78 bits per heavy atom. The zero-order valence-electron chi connectivity index (χ0n) is 11.3. The van der Waals surface area contributed by atoms with Crippen molar-refractivity contribution in [2.24, 2.45) is 0 Å². The number of hydrogen-bond acceptors (Lipinski definition) is 3. The Hall–Kier alpha value is -1.06. The first-order valence-electron chi connectivity index (χ1n) is 6.78. The van der Waals surface area contributed by atoms with Gasteiger partial charge in [0.25, 0.3) is 0 Å². The molecule has 18 heavy (non-hydrogen) atoms. The summed E-state index contributed by atoms with van der Waals surface area (Å²) in [6.45, 7) is 3.65. The molecule has 1 fully saturated rings. The van der Waals surface area contributed by atoms with Crippen molar-refractivity contribution in [1.82, 2.24) is 0 Å². The second-order valence-corrected chi connectivity index (χ2v) is 4.79. The van der Waals surface area contributed by atoms with E-state index >= 15 is 0 Å². The lowest BCUT2D eigenvalue weighted by molar-refractivity contribution is 0.00297. The molecule has 1 aromatic carbocycles. The third-order valence-electron chi connectivity index (χ3n) is 3.45. The molecule has 1 aromatic rings. The number of ether oxygens (including phenoxy) is 2. The molecule has 100 valence electrons. The summed E-state index contributed by atoms with van der Waals surface area (Å²) in [5, 5.41) is 3.61. The summed E-state index contributed by atoms with van der Waals surface area (Å²) in [6.07, 6.45) is 3.65. The quantitative estimate of drug-likeness (QED) is 0.806. The van der Waals surface area contributed by atoms with Crippen LogP contribution >= 0.6 is 0 Å². The van der Waals surface area contributed by atoms with Crippen LogP contribution in [-0.2, 0) is 15.9 Å². The number of rotatable bonds is 7. The van der Waals surface area contributed by atoms with E-state index in [2.05, 4.69) is 36.5 Å². The Kier molecular flexibility index (Phi) is 5.02. The van der Waals surface area contributed by atoms with Crippen molar-refractivity contribution in [2.45, 2.75) is 38.3 Å². The molecule has 1 N–H and O–H groups in total. The van der Waals surface area contributed by atoms with E-state index < -0.39 is 0 Å². The molecule has 3 nitrogen and oxygen atoms in total. The lowest BCUT2D eigenvalue weighted by Gasteiger charge is -2.36. The summed E-state index contributed by atoms with van der Waals surface area (Å²) >= 11 is 0. The van der Waals surface area contributed by atoms with E-state index in [-0.39, 0.29) is 0 Å². The van der Waals surface area contributed by atoms with Crippen LogP contribution in [0.25, 0.3) is 0 Å². The number of para-hydroxylation sites is 1. The Morgan fingerprint density at radius 1 is 1.28 bits per heavy atom. The number of nitrogens with one attached hydrogen (secondary N) is 1. The van der Waals surface area contributed by atoms with Gasteiger partial charge in [0.05, 0.1) is 12.7 Å². The second-order valence-electron chi connectivity index (χ2n) is 4.79. The summed E-state index contributed by atoms with van der Waals surface area (Å²) in [7, 11) is 1.74. The van der Waals surface area contributed by atoms with Crippen LogP contribution in [0.1, 0.15) is 25.3 Å². The largest absolute Gasteiger partial charge is 0.384 e. The summed E-state index contributed by atoms with van der Waals surface area (Å²) < 4.78 is 10.7. The molecule has 0 radical (unpaired) electrons. The molecule has 0 amide bonds. The monoisotopic (exact) mass is 249 g/mol. The van der Waals surface area contributed by atoms with E-state index in [1.54, 1.807) is 7.11 Å². The maximum atomic E-state index is 5.58. The summed E-state index contributed by atoms with van der Waals surface area (Å²) in [5.74, 6) is 0. The molecule has 0 heterocycles. The first-order valence-corrected chi connectivity index (χ1v) is 6.78. The van der Waals surface area contributed by atoms with Gasteiger partial charge in [0, 0.05) is 25.4 Å². The van der Waals surface area contributed by atoms with E-state index in [0.29, 0.717) is 12.1 Å². The van der Waals surface area contributed by atoms with Crippen molar-refractivity contribution in [3.05, 3.63) is 29.8 Å². The normalized spacial score (nSPS) is 22.6. The van der Waals surface area contributed by atoms with Crippen LogP contribution in [0.5, 0.6) is 0 Å². The van der Waals surface area contributed by atoms with Gasteiger partial charge in [0.1, 0.15) is 0 Å². The Balaban J connectivity index is 1.85. The Morgan fingerprint density at radius 2 is 2.06 bits per heavy atom. The third kappa shape index (κ3) is 3.47. The minimum absolute atomic E-state index is 0.457. The number of methoxy groups -OCH3 is 1. The lowest BCUT2D eigenvalue weighted by Crippen LogP contribution is -2.41. The van der Waals surface area contributed by atoms with E-state index in [1.807, 2.05) is 0 Å². The van der Waals surface area contributed by atoms with Crippen molar-refractivity contribution in [3.8, 4) is 0 Å². The van der Waals surface area contributed by atoms with E-state index in [4.69, 9.17) is 9.47 Å². The molecular formula is C15H23NO2. The summed E-state index contributed by atoms with van der Waals surface area (Å²) in [4.78, 5) is 0. The smallest absolute Gasteiger partial charge is 0.0614 e. The van der Waals surface area contributed by atoms with Gasteiger partial charge in [-0.3, -0.25) is 0 Å².